The Kier molecular flexibility index (Phi) is 8.02. The summed E-state index contributed by atoms with van der Waals surface area (Å²) >= 11 is 0. The average molecular weight is 400 g/mol. The van der Waals surface area contributed by atoms with E-state index in [-0.39, 0.29) is 6.42 Å². The van der Waals surface area contributed by atoms with Crippen molar-refractivity contribution in [3.8, 4) is 11.5 Å². The van der Waals surface area contributed by atoms with Gasteiger partial charge in [0, 0.05) is 19.0 Å². The van der Waals surface area contributed by atoms with Gasteiger partial charge in [0.05, 0.1) is 14.2 Å². The monoisotopic (exact) mass is 400 g/mol. The first-order valence-electron chi connectivity index (χ1n) is 8.96. The number of hydrogen-bond donors (Lipinski definition) is 2. The zero-order valence-electron chi connectivity index (χ0n) is 16.6. The number of amides is 3. The zero-order valence-corrected chi connectivity index (χ0v) is 16.6. The minimum Gasteiger partial charge on any atom is -0.493 e. The van der Waals surface area contributed by atoms with Gasteiger partial charge in [0.25, 0.3) is 5.91 Å². The summed E-state index contributed by atoms with van der Waals surface area (Å²) in [7, 11) is 4.46. The lowest BCUT2D eigenvalue weighted by Gasteiger charge is -2.17. The average Bonchev–Trinajstić information content (AvgIpc) is 2.76. The first kappa shape index (κ1) is 21.7. The molecule has 8 heteroatoms. The maximum atomic E-state index is 12.4. The van der Waals surface area contributed by atoms with Crippen LogP contribution in [0.3, 0.4) is 0 Å². The number of aryl methyl sites for hydroxylation is 1. The number of urea groups is 1. The molecule has 8 nitrogen and oxygen atoms in total. The van der Waals surface area contributed by atoms with Crippen molar-refractivity contribution >= 4 is 17.9 Å². The van der Waals surface area contributed by atoms with Crippen molar-refractivity contribution in [2.24, 2.45) is 0 Å². The molecule has 0 radical (unpaired) electrons. The molecular weight excluding hydrogens is 376 g/mol. The molecule has 0 bridgehead atoms. The molecule has 2 rings (SSSR count). The topological polar surface area (TPSA) is 103 Å². The van der Waals surface area contributed by atoms with E-state index in [1.165, 1.54) is 14.2 Å². The van der Waals surface area contributed by atoms with E-state index in [2.05, 4.69) is 10.6 Å². The summed E-state index contributed by atoms with van der Waals surface area (Å²) in [5.74, 6) is -0.143. The Hall–Kier alpha value is -3.55. The predicted molar refractivity (Wildman–Crippen MR) is 106 cm³/mol. The molecule has 0 aliphatic rings. The molecule has 0 fully saturated rings. The molecule has 0 saturated heterocycles. The number of hydrogen-bond acceptors (Lipinski definition) is 6. The van der Waals surface area contributed by atoms with Gasteiger partial charge in [0.2, 0.25) is 6.10 Å². The van der Waals surface area contributed by atoms with E-state index < -0.39 is 24.0 Å². The second-order valence-corrected chi connectivity index (χ2v) is 6.04. The predicted octanol–water partition coefficient (Wildman–Crippen LogP) is 2.38. The summed E-state index contributed by atoms with van der Waals surface area (Å²) in [4.78, 5) is 36.2. The summed E-state index contributed by atoms with van der Waals surface area (Å²) in [6, 6.07) is 13.2. The van der Waals surface area contributed by atoms with Crippen LogP contribution in [0.4, 0.5) is 4.79 Å². The highest BCUT2D eigenvalue weighted by atomic mass is 16.5. The van der Waals surface area contributed by atoms with Crippen LogP contribution in [0.25, 0.3) is 0 Å². The molecule has 0 heterocycles. The third kappa shape index (κ3) is 6.24. The molecule has 2 N–H and O–H groups in total. The number of esters is 1. The quantitative estimate of drug-likeness (QED) is 0.660. The van der Waals surface area contributed by atoms with E-state index in [0.717, 1.165) is 5.56 Å². The third-order valence-corrected chi connectivity index (χ3v) is 4.12. The van der Waals surface area contributed by atoms with Crippen molar-refractivity contribution in [3.63, 3.8) is 0 Å². The van der Waals surface area contributed by atoms with E-state index in [9.17, 15) is 14.4 Å². The van der Waals surface area contributed by atoms with Gasteiger partial charge in [0.1, 0.15) is 0 Å². The normalized spacial score (nSPS) is 11.1. The lowest BCUT2D eigenvalue weighted by atomic mass is 10.1. The summed E-state index contributed by atoms with van der Waals surface area (Å²) in [5.41, 5.74) is 1.32. The summed E-state index contributed by atoms with van der Waals surface area (Å²) < 4.78 is 15.8. The van der Waals surface area contributed by atoms with Crippen molar-refractivity contribution < 1.29 is 28.6 Å². The van der Waals surface area contributed by atoms with Gasteiger partial charge in [0.15, 0.2) is 11.5 Å². The van der Waals surface area contributed by atoms with Crippen LogP contribution in [0.1, 0.15) is 23.7 Å². The minimum atomic E-state index is -1.23. The van der Waals surface area contributed by atoms with Gasteiger partial charge < -0.3 is 19.5 Å². The Morgan fingerprint density at radius 3 is 2.28 bits per heavy atom. The molecule has 2 aromatic rings. The molecule has 0 aliphatic carbocycles. The smallest absolute Gasteiger partial charge is 0.321 e. The van der Waals surface area contributed by atoms with Crippen molar-refractivity contribution in [2.45, 2.75) is 18.9 Å². The number of methoxy groups -OCH3 is 2. The van der Waals surface area contributed by atoms with Crippen molar-refractivity contribution in [1.82, 2.24) is 10.6 Å². The van der Waals surface area contributed by atoms with E-state index in [4.69, 9.17) is 14.2 Å². The number of ether oxygens (including phenoxy) is 3. The second kappa shape index (κ2) is 10.7. The molecule has 154 valence electrons. The largest absolute Gasteiger partial charge is 0.493 e. The van der Waals surface area contributed by atoms with Crippen LogP contribution in [-0.4, -0.2) is 39.2 Å². The highest BCUT2D eigenvalue weighted by Gasteiger charge is 2.26. The van der Waals surface area contributed by atoms with E-state index in [1.54, 1.807) is 49.6 Å². The van der Waals surface area contributed by atoms with Crippen LogP contribution in [0.5, 0.6) is 11.5 Å². The maximum Gasteiger partial charge on any atom is 0.321 e. The van der Waals surface area contributed by atoms with Crippen LogP contribution in [0.2, 0.25) is 0 Å². The van der Waals surface area contributed by atoms with E-state index >= 15 is 0 Å². The van der Waals surface area contributed by atoms with Crippen molar-refractivity contribution in [3.05, 3.63) is 59.7 Å². The summed E-state index contributed by atoms with van der Waals surface area (Å²) in [6.45, 7) is 0. The molecule has 0 spiro atoms. The van der Waals surface area contributed by atoms with Gasteiger partial charge in [-0.05, 0) is 24.1 Å². The van der Waals surface area contributed by atoms with Crippen molar-refractivity contribution in [1.29, 1.82) is 0 Å². The maximum absolute atomic E-state index is 12.4. The molecule has 0 unspecified atom stereocenters. The molecule has 0 saturated carbocycles. The highest BCUT2D eigenvalue weighted by Crippen LogP contribution is 2.28. The molecule has 29 heavy (non-hydrogen) atoms. The highest BCUT2D eigenvalue weighted by molar-refractivity contribution is 5.97. The first-order chi connectivity index (χ1) is 14.0. The Morgan fingerprint density at radius 1 is 0.966 bits per heavy atom. The van der Waals surface area contributed by atoms with Gasteiger partial charge in [-0.15, -0.1) is 0 Å². The Labute approximate surface area is 169 Å². The number of nitrogens with one attached hydrogen (secondary N) is 2. The SMILES string of the molecule is CNC(=O)NC(=O)[C@@H](OC(=O)CCc1ccc(OC)c(OC)c1)c1ccccc1. The Morgan fingerprint density at radius 2 is 1.66 bits per heavy atom. The van der Waals surface area contributed by atoms with Gasteiger partial charge in [-0.25, -0.2) is 4.79 Å². The Bertz CT molecular complexity index is 854. The number of carbonyl (C=O) groups is 3. The molecule has 1 atom stereocenters. The third-order valence-electron chi connectivity index (χ3n) is 4.12. The number of benzene rings is 2. The summed E-state index contributed by atoms with van der Waals surface area (Å²) in [6.07, 6.45) is -0.796. The molecule has 0 aliphatic heterocycles. The minimum absolute atomic E-state index is 0.0477. The molecular formula is C21H24N2O6. The number of imide groups is 1. The van der Waals surface area contributed by atoms with E-state index in [1.807, 2.05) is 6.07 Å². The van der Waals surface area contributed by atoms with Gasteiger partial charge in [-0.2, -0.15) is 0 Å². The molecule has 0 aromatic heterocycles. The van der Waals surface area contributed by atoms with Gasteiger partial charge in [-0.1, -0.05) is 36.4 Å². The lowest BCUT2D eigenvalue weighted by Crippen LogP contribution is -2.41. The van der Waals surface area contributed by atoms with Gasteiger partial charge >= 0.3 is 12.0 Å². The van der Waals surface area contributed by atoms with Crippen LogP contribution in [0, 0.1) is 0 Å². The van der Waals surface area contributed by atoms with Crippen LogP contribution in [-0.2, 0) is 20.7 Å². The number of rotatable bonds is 8. The zero-order chi connectivity index (χ0) is 21.2. The van der Waals surface area contributed by atoms with Crippen LogP contribution >= 0.6 is 0 Å². The fourth-order valence-electron chi connectivity index (χ4n) is 2.61. The molecule has 3 amide bonds. The lowest BCUT2D eigenvalue weighted by molar-refractivity contribution is -0.156. The van der Waals surface area contributed by atoms with Gasteiger partial charge in [-0.3, -0.25) is 14.9 Å². The standard InChI is InChI=1S/C21H24N2O6/c1-22-21(26)23-20(25)19(15-7-5-4-6-8-15)29-18(24)12-10-14-9-11-16(27-2)17(13-14)28-3/h4-9,11,13,19H,10,12H2,1-3H3,(H2,22,23,25,26)/t19-/m0/s1. The second-order valence-electron chi connectivity index (χ2n) is 6.04. The number of carbonyl (C=O) groups excluding carboxylic acids is 3. The fraction of sp³-hybridized carbons (Fsp3) is 0.286. The first-order valence-corrected chi connectivity index (χ1v) is 8.96. The van der Waals surface area contributed by atoms with E-state index in [0.29, 0.717) is 23.5 Å². The summed E-state index contributed by atoms with van der Waals surface area (Å²) in [5, 5.41) is 4.43. The Balaban J connectivity index is 2.06. The fourth-order valence-corrected chi connectivity index (χ4v) is 2.61. The van der Waals surface area contributed by atoms with Crippen molar-refractivity contribution in [2.75, 3.05) is 21.3 Å². The molecule has 2 aromatic carbocycles. The van der Waals surface area contributed by atoms with Crippen LogP contribution in [0.15, 0.2) is 48.5 Å². The van der Waals surface area contributed by atoms with Crippen LogP contribution < -0.4 is 20.1 Å².